The van der Waals surface area contributed by atoms with Crippen molar-refractivity contribution in [2.45, 2.75) is 18.9 Å². The maximum absolute atomic E-state index is 13.4. The molecule has 0 unspecified atom stereocenters. The fraction of sp³-hybridized carbons (Fsp3) is 0.263. The second kappa shape index (κ2) is 7.51. The molecule has 2 aromatic carbocycles. The van der Waals surface area contributed by atoms with Crippen LogP contribution >= 0.6 is 0 Å². The van der Waals surface area contributed by atoms with E-state index in [1.165, 1.54) is 4.90 Å². The molecule has 1 aliphatic heterocycles. The van der Waals surface area contributed by atoms with Crippen LogP contribution in [0.4, 0.5) is 14.5 Å². The molecule has 1 fully saturated rings. The third-order valence-corrected chi connectivity index (χ3v) is 4.28. The lowest BCUT2D eigenvalue weighted by atomic mass is 10.1. The van der Waals surface area contributed by atoms with Crippen molar-refractivity contribution < 1.29 is 23.1 Å². The van der Waals surface area contributed by atoms with E-state index in [4.69, 9.17) is 4.74 Å². The normalized spacial score (nSPS) is 16.4. The van der Waals surface area contributed by atoms with Gasteiger partial charge in [-0.15, -0.1) is 0 Å². The Morgan fingerprint density at radius 2 is 1.77 bits per heavy atom. The molecule has 5 nitrogen and oxygen atoms in total. The van der Waals surface area contributed by atoms with Gasteiger partial charge in [0.25, 0.3) is 5.91 Å². The van der Waals surface area contributed by atoms with Gasteiger partial charge in [-0.25, -0.2) is 8.78 Å². The minimum absolute atomic E-state index is 0.105. The van der Waals surface area contributed by atoms with Crippen molar-refractivity contribution >= 4 is 17.5 Å². The zero-order valence-corrected chi connectivity index (χ0v) is 14.2. The second-order valence-electron chi connectivity index (χ2n) is 6.03. The van der Waals surface area contributed by atoms with E-state index in [1.54, 1.807) is 31.4 Å². The van der Waals surface area contributed by atoms with Crippen LogP contribution in [0.25, 0.3) is 0 Å². The van der Waals surface area contributed by atoms with Gasteiger partial charge in [0.1, 0.15) is 23.4 Å². The molecular formula is C19H18F2N2O3. The molecule has 136 valence electrons. The number of halogens is 2. The van der Waals surface area contributed by atoms with Crippen molar-refractivity contribution in [2.75, 3.05) is 19.0 Å². The number of nitrogens with zero attached hydrogens (tertiary/aromatic N) is 1. The van der Waals surface area contributed by atoms with E-state index in [2.05, 4.69) is 5.32 Å². The number of anilines is 1. The summed E-state index contributed by atoms with van der Waals surface area (Å²) in [7, 11) is 1.55. The van der Waals surface area contributed by atoms with Gasteiger partial charge < -0.3 is 15.0 Å². The van der Waals surface area contributed by atoms with Gasteiger partial charge in [-0.1, -0.05) is 0 Å². The smallest absolute Gasteiger partial charge is 0.254 e. The number of benzene rings is 2. The van der Waals surface area contributed by atoms with Gasteiger partial charge in [0, 0.05) is 23.9 Å². The van der Waals surface area contributed by atoms with Crippen LogP contribution in [0.5, 0.6) is 5.75 Å². The highest BCUT2D eigenvalue weighted by Gasteiger charge is 2.34. The van der Waals surface area contributed by atoms with Crippen molar-refractivity contribution in [2.24, 2.45) is 0 Å². The molecule has 0 saturated carbocycles. The van der Waals surface area contributed by atoms with Gasteiger partial charge in [-0.3, -0.25) is 9.59 Å². The van der Waals surface area contributed by atoms with Crippen LogP contribution in [0.3, 0.4) is 0 Å². The molecule has 0 bridgehead atoms. The summed E-state index contributed by atoms with van der Waals surface area (Å²) < 4.78 is 31.8. The molecule has 0 spiro atoms. The summed E-state index contributed by atoms with van der Waals surface area (Å²) in [6, 6.07) is 8.78. The summed E-state index contributed by atoms with van der Waals surface area (Å²) in [6.45, 7) is 0.359. The predicted octanol–water partition coefficient (Wildman–Crippen LogP) is 3.22. The minimum Gasteiger partial charge on any atom is -0.497 e. The molecule has 3 rings (SSSR count). The SMILES string of the molecule is COc1ccc(NC(=O)[C@H]2CCCN2C(=O)c2cc(F)cc(F)c2)cc1. The zero-order chi connectivity index (χ0) is 18.7. The van der Waals surface area contributed by atoms with E-state index < -0.39 is 23.6 Å². The Morgan fingerprint density at radius 1 is 1.12 bits per heavy atom. The van der Waals surface area contributed by atoms with Gasteiger partial charge in [-0.2, -0.15) is 0 Å². The predicted molar refractivity (Wildman–Crippen MR) is 92.0 cm³/mol. The van der Waals surface area contributed by atoms with E-state index in [0.717, 1.165) is 12.1 Å². The van der Waals surface area contributed by atoms with Gasteiger partial charge in [0.2, 0.25) is 5.91 Å². The molecule has 1 N–H and O–H groups in total. The van der Waals surface area contributed by atoms with Gasteiger partial charge in [-0.05, 0) is 49.2 Å². The van der Waals surface area contributed by atoms with Gasteiger partial charge in [0.15, 0.2) is 0 Å². The summed E-state index contributed by atoms with van der Waals surface area (Å²) in [5.74, 6) is -1.89. The molecule has 26 heavy (non-hydrogen) atoms. The Labute approximate surface area is 149 Å². The van der Waals surface area contributed by atoms with Gasteiger partial charge >= 0.3 is 0 Å². The topological polar surface area (TPSA) is 58.6 Å². The van der Waals surface area contributed by atoms with E-state index in [9.17, 15) is 18.4 Å². The highest BCUT2D eigenvalue weighted by atomic mass is 19.1. The maximum atomic E-state index is 13.4. The molecule has 0 aromatic heterocycles. The number of ether oxygens (including phenoxy) is 1. The first kappa shape index (κ1) is 17.8. The van der Waals surface area contributed by atoms with Crippen molar-refractivity contribution in [3.05, 3.63) is 59.7 Å². The van der Waals surface area contributed by atoms with Crippen molar-refractivity contribution in [3.8, 4) is 5.75 Å². The molecule has 1 heterocycles. The highest BCUT2D eigenvalue weighted by Crippen LogP contribution is 2.23. The number of amides is 2. The average molecular weight is 360 g/mol. The Bertz CT molecular complexity index is 804. The molecule has 2 aromatic rings. The Morgan fingerprint density at radius 3 is 2.38 bits per heavy atom. The quantitative estimate of drug-likeness (QED) is 0.911. The van der Waals surface area contributed by atoms with Crippen LogP contribution in [-0.4, -0.2) is 36.4 Å². The fourth-order valence-corrected chi connectivity index (χ4v) is 3.03. The summed E-state index contributed by atoms with van der Waals surface area (Å²) >= 11 is 0. The van der Waals surface area contributed by atoms with E-state index in [0.29, 0.717) is 36.9 Å². The molecule has 1 saturated heterocycles. The Kier molecular flexibility index (Phi) is 5.16. The molecular weight excluding hydrogens is 342 g/mol. The lowest BCUT2D eigenvalue weighted by Gasteiger charge is -2.24. The first-order chi connectivity index (χ1) is 12.5. The van der Waals surface area contributed by atoms with Crippen LogP contribution < -0.4 is 10.1 Å². The molecule has 2 amide bonds. The van der Waals surface area contributed by atoms with Crippen molar-refractivity contribution in [3.63, 3.8) is 0 Å². The lowest BCUT2D eigenvalue weighted by molar-refractivity contribution is -0.119. The van der Waals surface area contributed by atoms with Crippen molar-refractivity contribution in [1.29, 1.82) is 0 Å². The minimum atomic E-state index is -0.827. The Balaban J connectivity index is 1.74. The fourth-order valence-electron chi connectivity index (χ4n) is 3.03. The van der Waals surface area contributed by atoms with Crippen LogP contribution in [0.15, 0.2) is 42.5 Å². The first-order valence-corrected chi connectivity index (χ1v) is 8.20. The number of carbonyl (C=O) groups is 2. The number of rotatable bonds is 4. The largest absolute Gasteiger partial charge is 0.497 e. The zero-order valence-electron chi connectivity index (χ0n) is 14.2. The van der Waals surface area contributed by atoms with Crippen LogP contribution in [-0.2, 0) is 4.79 Å². The first-order valence-electron chi connectivity index (χ1n) is 8.20. The average Bonchev–Trinajstić information content (AvgIpc) is 3.10. The molecule has 7 heteroatoms. The molecule has 1 atom stereocenters. The standard InChI is InChI=1S/C19H18F2N2O3/c1-26-16-6-4-15(5-7-16)22-18(24)17-3-2-8-23(17)19(25)12-9-13(20)11-14(21)10-12/h4-7,9-11,17H,2-3,8H2,1H3,(H,22,24)/t17-/m1/s1. The van der Waals surface area contributed by atoms with Gasteiger partial charge in [0.05, 0.1) is 7.11 Å². The third-order valence-electron chi connectivity index (χ3n) is 4.28. The summed E-state index contributed by atoms with van der Waals surface area (Å²) in [5.41, 5.74) is 0.471. The number of methoxy groups -OCH3 is 1. The lowest BCUT2D eigenvalue weighted by Crippen LogP contribution is -2.43. The van der Waals surface area contributed by atoms with Crippen LogP contribution in [0.1, 0.15) is 23.2 Å². The van der Waals surface area contributed by atoms with E-state index in [-0.39, 0.29) is 11.5 Å². The summed E-state index contributed by atoms with van der Waals surface area (Å²) in [4.78, 5) is 26.5. The number of hydrogen-bond donors (Lipinski definition) is 1. The number of likely N-dealkylation sites (tertiary alicyclic amines) is 1. The molecule has 0 radical (unpaired) electrons. The monoisotopic (exact) mass is 360 g/mol. The van der Waals surface area contributed by atoms with Crippen LogP contribution in [0, 0.1) is 11.6 Å². The van der Waals surface area contributed by atoms with Crippen LogP contribution in [0.2, 0.25) is 0 Å². The third kappa shape index (κ3) is 3.82. The molecule has 1 aliphatic rings. The second-order valence-corrected chi connectivity index (χ2v) is 6.03. The summed E-state index contributed by atoms with van der Waals surface area (Å²) in [5, 5.41) is 2.76. The van der Waals surface area contributed by atoms with E-state index in [1.807, 2.05) is 0 Å². The Hall–Kier alpha value is -2.96. The maximum Gasteiger partial charge on any atom is 0.254 e. The van der Waals surface area contributed by atoms with Crippen molar-refractivity contribution in [1.82, 2.24) is 4.90 Å². The number of nitrogens with one attached hydrogen (secondary N) is 1. The number of hydrogen-bond acceptors (Lipinski definition) is 3. The highest BCUT2D eigenvalue weighted by molar-refractivity contribution is 6.01. The number of carbonyl (C=O) groups excluding carboxylic acids is 2. The summed E-state index contributed by atoms with van der Waals surface area (Å²) in [6.07, 6.45) is 1.13. The molecule has 0 aliphatic carbocycles. The van der Waals surface area contributed by atoms with E-state index >= 15 is 0 Å².